The quantitative estimate of drug-likeness (QED) is 0.641. The maximum atomic E-state index is 5.62. The first-order valence-corrected chi connectivity index (χ1v) is 7.38. The number of nitrogens with one attached hydrogen (secondary N) is 1. The lowest BCUT2D eigenvalue weighted by Crippen LogP contribution is -2.34. The van der Waals surface area contributed by atoms with Gasteiger partial charge >= 0.3 is 0 Å². The molecular weight excluding hydrogens is 238 g/mol. The van der Waals surface area contributed by atoms with Gasteiger partial charge in [0.15, 0.2) is 0 Å². The standard InChI is InChI=1S/C14H21N5/c1-8-12(18-15)16-13(10-3-4-10)17-14(8)19-7-9-2-5-11(19)6-9/h9-11H,2-7,15H2,1H3,(H,16,17,18). The second kappa shape index (κ2) is 4.07. The van der Waals surface area contributed by atoms with E-state index in [0.29, 0.717) is 12.0 Å². The third kappa shape index (κ3) is 1.79. The molecule has 2 aliphatic carbocycles. The fourth-order valence-corrected chi connectivity index (χ4v) is 3.65. The van der Waals surface area contributed by atoms with Crippen molar-refractivity contribution in [1.29, 1.82) is 0 Å². The van der Waals surface area contributed by atoms with E-state index in [9.17, 15) is 0 Å². The molecule has 3 fully saturated rings. The lowest BCUT2D eigenvalue weighted by atomic mass is 10.1. The first kappa shape index (κ1) is 11.5. The van der Waals surface area contributed by atoms with Gasteiger partial charge < -0.3 is 10.3 Å². The van der Waals surface area contributed by atoms with Crippen LogP contribution in [0.4, 0.5) is 11.6 Å². The zero-order valence-corrected chi connectivity index (χ0v) is 11.4. The zero-order chi connectivity index (χ0) is 13.0. The highest BCUT2D eigenvalue weighted by Crippen LogP contribution is 2.43. The molecule has 1 saturated heterocycles. The molecule has 0 amide bonds. The fraction of sp³-hybridized carbons (Fsp3) is 0.714. The molecule has 19 heavy (non-hydrogen) atoms. The zero-order valence-electron chi connectivity index (χ0n) is 11.4. The minimum Gasteiger partial charge on any atom is -0.353 e. The largest absolute Gasteiger partial charge is 0.353 e. The molecule has 102 valence electrons. The number of anilines is 2. The van der Waals surface area contributed by atoms with Crippen LogP contribution in [-0.4, -0.2) is 22.6 Å². The van der Waals surface area contributed by atoms with Crippen molar-refractivity contribution in [2.75, 3.05) is 16.9 Å². The second-order valence-corrected chi connectivity index (χ2v) is 6.28. The van der Waals surface area contributed by atoms with E-state index in [2.05, 4.69) is 22.2 Å². The third-order valence-corrected chi connectivity index (χ3v) is 4.90. The van der Waals surface area contributed by atoms with Crippen LogP contribution < -0.4 is 16.2 Å². The number of nitrogen functional groups attached to an aromatic ring is 1. The van der Waals surface area contributed by atoms with Crippen LogP contribution in [0.2, 0.25) is 0 Å². The molecule has 1 aromatic rings. The fourth-order valence-electron chi connectivity index (χ4n) is 3.65. The highest BCUT2D eigenvalue weighted by molar-refractivity contribution is 5.60. The predicted molar refractivity (Wildman–Crippen MR) is 75.0 cm³/mol. The van der Waals surface area contributed by atoms with Gasteiger partial charge in [-0.3, -0.25) is 0 Å². The minimum atomic E-state index is 0.561. The van der Waals surface area contributed by atoms with Crippen molar-refractivity contribution in [1.82, 2.24) is 9.97 Å². The Bertz CT molecular complexity index is 511. The van der Waals surface area contributed by atoms with E-state index < -0.39 is 0 Å². The summed E-state index contributed by atoms with van der Waals surface area (Å²) < 4.78 is 0. The first-order valence-electron chi connectivity index (χ1n) is 7.38. The number of hydrazine groups is 1. The van der Waals surface area contributed by atoms with Crippen molar-refractivity contribution in [3.05, 3.63) is 11.4 Å². The Kier molecular flexibility index (Phi) is 2.45. The second-order valence-electron chi connectivity index (χ2n) is 6.28. The summed E-state index contributed by atoms with van der Waals surface area (Å²) in [5, 5.41) is 0. The van der Waals surface area contributed by atoms with Gasteiger partial charge in [0.2, 0.25) is 0 Å². The van der Waals surface area contributed by atoms with Gasteiger partial charge in [0, 0.05) is 24.1 Å². The van der Waals surface area contributed by atoms with Crippen molar-refractivity contribution in [2.24, 2.45) is 11.8 Å². The number of aromatic nitrogens is 2. The molecular formula is C14H21N5. The van der Waals surface area contributed by atoms with Crippen LogP contribution in [0.3, 0.4) is 0 Å². The van der Waals surface area contributed by atoms with Crippen LogP contribution in [-0.2, 0) is 0 Å². The molecule has 0 radical (unpaired) electrons. The van der Waals surface area contributed by atoms with Gasteiger partial charge in [-0.05, 0) is 44.9 Å². The van der Waals surface area contributed by atoms with E-state index in [-0.39, 0.29) is 0 Å². The molecule has 2 unspecified atom stereocenters. The summed E-state index contributed by atoms with van der Waals surface area (Å²) in [6.45, 7) is 3.24. The smallest absolute Gasteiger partial charge is 0.148 e. The molecule has 2 bridgehead atoms. The van der Waals surface area contributed by atoms with E-state index in [0.717, 1.165) is 35.5 Å². The number of rotatable bonds is 3. The number of nitrogens with zero attached hydrogens (tertiary/aromatic N) is 3. The first-order chi connectivity index (χ1) is 9.26. The summed E-state index contributed by atoms with van der Waals surface area (Å²) in [6, 6.07) is 0.691. The highest BCUT2D eigenvalue weighted by Gasteiger charge is 2.40. The number of piperidine rings is 1. The molecule has 2 saturated carbocycles. The topological polar surface area (TPSA) is 67.1 Å². The van der Waals surface area contributed by atoms with E-state index in [4.69, 9.17) is 10.8 Å². The Labute approximate surface area is 113 Å². The average Bonchev–Trinajstić information content (AvgIpc) is 3.07. The Morgan fingerprint density at radius 3 is 2.63 bits per heavy atom. The summed E-state index contributed by atoms with van der Waals surface area (Å²) in [4.78, 5) is 11.9. The molecule has 0 spiro atoms. The Balaban J connectivity index is 1.75. The van der Waals surface area contributed by atoms with Gasteiger partial charge in [-0.15, -0.1) is 0 Å². The molecule has 5 heteroatoms. The van der Waals surface area contributed by atoms with Crippen molar-refractivity contribution in [3.8, 4) is 0 Å². The van der Waals surface area contributed by atoms with Crippen molar-refractivity contribution in [3.63, 3.8) is 0 Å². The van der Waals surface area contributed by atoms with Gasteiger partial charge in [-0.2, -0.15) is 0 Å². The number of fused-ring (bicyclic) bond motifs is 2. The van der Waals surface area contributed by atoms with Gasteiger partial charge in [0.25, 0.3) is 0 Å². The number of nitrogens with two attached hydrogens (primary N) is 1. The molecule has 2 atom stereocenters. The Morgan fingerprint density at radius 1 is 1.21 bits per heavy atom. The van der Waals surface area contributed by atoms with Gasteiger partial charge in [-0.1, -0.05) is 0 Å². The summed E-state index contributed by atoms with van der Waals surface area (Å²) in [5.41, 5.74) is 3.85. The molecule has 3 aliphatic rings. The summed E-state index contributed by atoms with van der Waals surface area (Å²) in [6.07, 6.45) is 6.49. The van der Waals surface area contributed by atoms with Gasteiger partial charge in [-0.25, -0.2) is 15.8 Å². The Hall–Kier alpha value is -1.36. The summed E-state index contributed by atoms with van der Waals surface area (Å²) >= 11 is 0. The van der Waals surface area contributed by atoms with E-state index in [1.807, 2.05) is 0 Å². The van der Waals surface area contributed by atoms with Crippen molar-refractivity contribution >= 4 is 11.6 Å². The molecule has 1 aromatic heterocycles. The lowest BCUT2D eigenvalue weighted by Gasteiger charge is -2.30. The molecule has 5 nitrogen and oxygen atoms in total. The van der Waals surface area contributed by atoms with Crippen molar-refractivity contribution in [2.45, 2.75) is 51.0 Å². The SMILES string of the molecule is Cc1c(NN)nc(C2CC2)nc1N1CC2CCC1C2. The van der Waals surface area contributed by atoms with Gasteiger partial charge in [0.05, 0.1) is 0 Å². The van der Waals surface area contributed by atoms with Crippen LogP contribution in [0, 0.1) is 12.8 Å². The maximum absolute atomic E-state index is 5.62. The molecule has 0 aromatic carbocycles. The molecule has 2 heterocycles. The number of hydrogen-bond acceptors (Lipinski definition) is 5. The van der Waals surface area contributed by atoms with E-state index >= 15 is 0 Å². The number of hydrogen-bond donors (Lipinski definition) is 2. The highest BCUT2D eigenvalue weighted by atomic mass is 15.3. The van der Waals surface area contributed by atoms with E-state index in [1.54, 1.807) is 0 Å². The van der Waals surface area contributed by atoms with Crippen LogP contribution >= 0.6 is 0 Å². The average molecular weight is 259 g/mol. The van der Waals surface area contributed by atoms with Crippen LogP contribution in [0.1, 0.15) is 49.4 Å². The molecule has 1 aliphatic heterocycles. The predicted octanol–water partition coefficient (Wildman–Crippen LogP) is 1.94. The van der Waals surface area contributed by atoms with Gasteiger partial charge in [0.1, 0.15) is 17.5 Å². The maximum Gasteiger partial charge on any atom is 0.148 e. The van der Waals surface area contributed by atoms with Crippen molar-refractivity contribution < 1.29 is 0 Å². The van der Waals surface area contributed by atoms with Crippen LogP contribution in [0.15, 0.2) is 0 Å². The summed E-state index contributed by atoms with van der Waals surface area (Å²) in [5.74, 6) is 9.96. The molecule has 3 N–H and O–H groups in total. The normalized spacial score (nSPS) is 29.1. The Morgan fingerprint density at radius 2 is 2.05 bits per heavy atom. The summed E-state index contributed by atoms with van der Waals surface area (Å²) in [7, 11) is 0. The molecule has 4 rings (SSSR count). The minimum absolute atomic E-state index is 0.561. The van der Waals surface area contributed by atoms with E-state index in [1.165, 1.54) is 32.1 Å². The lowest BCUT2D eigenvalue weighted by molar-refractivity contribution is 0.548. The third-order valence-electron chi connectivity index (χ3n) is 4.90. The van der Waals surface area contributed by atoms with Crippen LogP contribution in [0.25, 0.3) is 0 Å². The monoisotopic (exact) mass is 259 g/mol. The van der Waals surface area contributed by atoms with Crippen LogP contribution in [0.5, 0.6) is 0 Å².